The number of H-pyrrole nitrogens is 1. The van der Waals surface area contributed by atoms with Crippen molar-refractivity contribution in [2.75, 3.05) is 5.73 Å². The smallest absolute Gasteiger partial charge is 0.258 e. The number of ketones is 3. The lowest BCUT2D eigenvalue weighted by molar-refractivity contribution is -0.123. The molecule has 9 rings (SSSR count). The Morgan fingerprint density at radius 1 is 0.597 bits per heavy atom. The highest BCUT2D eigenvalue weighted by Crippen LogP contribution is 2.29. The van der Waals surface area contributed by atoms with Crippen LogP contribution in [0.5, 0.6) is 0 Å². The third-order valence-corrected chi connectivity index (χ3v) is 12.3. The monoisotopic (exact) mass is 930 g/mol. The van der Waals surface area contributed by atoms with E-state index in [1.165, 1.54) is 12.3 Å². The highest BCUT2D eigenvalue weighted by atomic mass is 35.5. The Morgan fingerprint density at radius 2 is 1.07 bits per heavy atom. The van der Waals surface area contributed by atoms with Gasteiger partial charge in [0.05, 0.1) is 17.6 Å². The molecule has 336 valence electrons. The van der Waals surface area contributed by atoms with Crippen LogP contribution in [0.2, 0.25) is 10.0 Å². The largest absolute Gasteiger partial charge is 0.399 e. The van der Waals surface area contributed by atoms with E-state index >= 15 is 0 Å². The van der Waals surface area contributed by atoms with Gasteiger partial charge < -0.3 is 20.5 Å². The predicted octanol–water partition coefficient (Wildman–Crippen LogP) is 7.92. The van der Waals surface area contributed by atoms with E-state index in [0.29, 0.717) is 57.4 Å². The van der Waals surface area contributed by atoms with Gasteiger partial charge in [-0.1, -0.05) is 71.7 Å². The van der Waals surface area contributed by atoms with E-state index in [2.05, 4.69) is 15.0 Å². The Hall–Kier alpha value is -7.54. The van der Waals surface area contributed by atoms with Gasteiger partial charge in [-0.3, -0.25) is 38.7 Å². The first-order valence-electron chi connectivity index (χ1n) is 21.6. The van der Waals surface area contributed by atoms with Gasteiger partial charge in [0.2, 0.25) is 0 Å². The van der Waals surface area contributed by atoms with Crippen LogP contribution in [-0.4, -0.2) is 66.0 Å². The van der Waals surface area contributed by atoms with E-state index in [-0.39, 0.29) is 60.5 Å². The first-order valence-corrected chi connectivity index (χ1v) is 22.3. The summed E-state index contributed by atoms with van der Waals surface area (Å²) in [5, 5.41) is 0.985. The SMILES string of the molecule is Nc1ccc(CN2C(=O)c3ccc(Cl)cc3CC(=O)[C@H]2Cc2ccccn2)cc1.O=C(Cc1ccc(CN2C(=O)c3ccc(Cl)cc3CC(=O)[C@H]2Cc2ccccn2)cc1)c1ccc[nH]c1=O. The molecule has 2 aliphatic rings. The van der Waals surface area contributed by atoms with Crippen molar-refractivity contribution in [3.05, 3.63) is 228 Å². The van der Waals surface area contributed by atoms with Crippen LogP contribution in [0.15, 0.2) is 157 Å². The van der Waals surface area contributed by atoms with Crippen LogP contribution in [0.4, 0.5) is 5.69 Å². The molecule has 12 nitrogen and oxygen atoms in total. The number of halogens is 2. The van der Waals surface area contributed by atoms with Gasteiger partial charge in [0.25, 0.3) is 17.4 Å². The number of benzene rings is 4. The summed E-state index contributed by atoms with van der Waals surface area (Å²) in [6.07, 6.45) is 5.85. The lowest BCUT2D eigenvalue weighted by atomic mass is 9.99. The first-order chi connectivity index (χ1) is 32.4. The molecule has 0 fully saturated rings. The Balaban J connectivity index is 0.000000188. The average molecular weight is 932 g/mol. The fourth-order valence-electron chi connectivity index (χ4n) is 8.33. The minimum atomic E-state index is -0.699. The third-order valence-electron chi connectivity index (χ3n) is 11.8. The number of nitrogens with one attached hydrogen (secondary N) is 1. The van der Waals surface area contributed by atoms with Gasteiger partial charge in [-0.05, 0) is 113 Å². The Bertz CT molecular complexity index is 3020. The van der Waals surface area contributed by atoms with E-state index in [4.69, 9.17) is 28.9 Å². The van der Waals surface area contributed by atoms with Gasteiger partial charge in [0, 0.05) is 102 Å². The molecule has 14 heteroatoms. The zero-order valence-corrected chi connectivity index (χ0v) is 37.6. The van der Waals surface area contributed by atoms with E-state index in [1.54, 1.807) is 95.0 Å². The van der Waals surface area contributed by atoms with Crippen LogP contribution >= 0.6 is 23.2 Å². The molecule has 2 aliphatic heterocycles. The Morgan fingerprint density at radius 3 is 1.54 bits per heavy atom. The predicted molar refractivity (Wildman–Crippen MR) is 256 cm³/mol. The summed E-state index contributed by atoms with van der Waals surface area (Å²) < 4.78 is 0. The number of aromatic nitrogens is 3. The van der Waals surface area contributed by atoms with Crippen LogP contribution < -0.4 is 11.3 Å². The second-order valence-electron chi connectivity index (χ2n) is 16.4. The lowest BCUT2D eigenvalue weighted by Crippen LogP contribution is -2.44. The number of nitrogens with two attached hydrogens (primary N) is 1. The van der Waals surface area contributed by atoms with Crippen molar-refractivity contribution in [3.8, 4) is 0 Å². The molecule has 2 amide bonds. The average Bonchev–Trinajstić information content (AvgIpc) is 3.47. The standard InChI is InChI=1S/C30H24ClN3O4.C23H20ClN3O2/c31-22-10-11-24-21(15-22)16-28(36)26(17-23-4-1-2-12-32-23)34(30(24)38)18-20-8-6-19(7-9-20)14-27(35)25-5-3-13-33-29(25)37;24-17-6-9-20-16(11-17)12-22(28)21(13-19-3-1-2-10-26-19)27(23(20)29)14-15-4-7-18(25)8-5-15/h1-13,15,26H,14,16-18H2,(H,33,37);1-11,21H,12-14,25H2/t26-;21-/m11/s1. The molecular formula is C53H44Cl2N6O6. The molecule has 0 bridgehead atoms. The lowest BCUT2D eigenvalue weighted by Gasteiger charge is -2.29. The maximum Gasteiger partial charge on any atom is 0.258 e. The van der Waals surface area contributed by atoms with Crippen molar-refractivity contribution < 1.29 is 24.0 Å². The van der Waals surface area contributed by atoms with Crippen LogP contribution in [0.25, 0.3) is 0 Å². The zero-order valence-electron chi connectivity index (χ0n) is 36.1. The second-order valence-corrected chi connectivity index (χ2v) is 17.3. The molecule has 4 aromatic carbocycles. The van der Waals surface area contributed by atoms with Crippen LogP contribution in [0, 0.1) is 0 Å². The molecule has 5 heterocycles. The van der Waals surface area contributed by atoms with E-state index < -0.39 is 17.6 Å². The van der Waals surface area contributed by atoms with E-state index in [1.807, 2.05) is 54.6 Å². The number of hydrogen-bond donors (Lipinski definition) is 2. The molecule has 0 saturated carbocycles. The fourth-order valence-corrected chi connectivity index (χ4v) is 8.72. The van der Waals surface area contributed by atoms with E-state index in [9.17, 15) is 28.8 Å². The molecule has 0 aliphatic carbocycles. The summed E-state index contributed by atoms with van der Waals surface area (Å²) >= 11 is 12.3. The van der Waals surface area contributed by atoms with Gasteiger partial charge in [0.15, 0.2) is 17.3 Å². The number of amides is 2. The minimum absolute atomic E-state index is 0.0273. The van der Waals surface area contributed by atoms with Crippen molar-refractivity contribution >= 4 is 58.1 Å². The van der Waals surface area contributed by atoms with Crippen molar-refractivity contribution in [1.82, 2.24) is 24.8 Å². The number of carbonyl (C=O) groups excluding carboxylic acids is 5. The molecule has 67 heavy (non-hydrogen) atoms. The molecule has 3 aromatic heterocycles. The summed E-state index contributed by atoms with van der Waals surface area (Å²) in [6, 6.07) is 37.6. The molecule has 3 N–H and O–H groups in total. The number of aromatic amines is 1. The molecule has 7 aromatic rings. The van der Waals surface area contributed by atoms with Crippen molar-refractivity contribution in [3.63, 3.8) is 0 Å². The molecule has 0 spiro atoms. The fraction of sp³-hybridized carbons (Fsp3) is 0.170. The Labute approximate surface area is 396 Å². The number of nitrogens with zero attached hydrogens (tertiary/aromatic N) is 4. The number of carbonyl (C=O) groups is 5. The number of anilines is 1. The summed E-state index contributed by atoms with van der Waals surface area (Å²) in [4.78, 5) is 92.8. The summed E-state index contributed by atoms with van der Waals surface area (Å²) in [5.41, 5.74) is 12.3. The van der Waals surface area contributed by atoms with Gasteiger partial charge in [-0.25, -0.2) is 0 Å². The summed E-state index contributed by atoms with van der Waals surface area (Å²) in [5.74, 6) is -0.814. The van der Waals surface area contributed by atoms with Crippen LogP contribution in [0.1, 0.15) is 70.3 Å². The summed E-state index contributed by atoms with van der Waals surface area (Å²) in [6.45, 7) is 0.515. The van der Waals surface area contributed by atoms with E-state index in [0.717, 1.165) is 28.1 Å². The topological polar surface area (TPSA) is 176 Å². The quantitative estimate of drug-likeness (QED) is 0.0964. The van der Waals surface area contributed by atoms with Gasteiger partial charge in [-0.15, -0.1) is 0 Å². The highest BCUT2D eigenvalue weighted by molar-refractivity contribution is 6.31. The van der Waals surface area contributed by atoms with Crippen LogP contribution in [-0.2, 0) is 54.8 Å². The maximum absolute atomic E-state index is 13.7. The Kier molecular flexibility index (Phi) is 14.2. The minimum Gasteiger partial charge on any atom is -0.399 e. The number of Topliss-reactive ketones (excluding diaryl/α,β-unsaturated/α-hetero) is 3. The van der Waals surface area contributed by atoms with Gasteiger partial charge in [-0.2, -0.15) is 0 Å². The van der Waals surface area contributed by atoms with Crippen molar-refractivity contribution in [2.24, 2.45) is 0 Å². The second kappa shape index (κ2) is 20.7. The first kappa shape index (κ1) is 46.0. The number of rotatable bonds is 11. The third kappa shape index (κ3) is 11.1. The molecular weight excluding hydrogens is 888 g/mol. The maximum atomic E-state index is 13.7. The number of fused-ring (bicyclic) bond motifs is 2. The molecule has 0 radical (unpaired) electrons. The van der Waals surface area contributed by atoms with Gasteiger partial charge >= 0.3 is 0 Å². The molecule has 0 unspecified atom stereocenters. The number of hydrogen-bond acceptors (Lipinski definition) is 9. The van der Waals surface area contributed by atoms with Crippen LogP contribution in [0.3, 0.4) is 0 Å². The number of pyridine rings is 3. The van der Waals surface area contributed by atoms with Gasteiger partial charge in [0.1, 0.15) is 0 Å². The van der Waals surface area contributed by atoms with Crippen molar-refractivity contribution in [1.29, 1.82) is 0 Å². The normalized spacial score (nSPS) is 15.7. The zero-order chi connectivity index (χ0) is 47.0. The summed E-state index contributed by atoms with van der Waals surface area (Å²) in [7, 11) is 0. The highest BCUT2D eigenvalue weighted by Gasteiger charge is 2.37. The molecule has 2 atom stereocenters. The number of nitrogen functional groups attached to an aromatic ring is 1. The van der Waals surface area contributed by atoms with Crippen molar-refractivity contribution in [2.45, 2.75) is 57.3 Å². The molecule has 0 saturated heterocycles.